The van der Waals surface area contributed by atoms with Crippen molar-refractivity contribution in [2.45, 2.75) is 46.6 Å². The molecule has 0 radical (unpaired) electrons. The molecule has 1 aliphatic carbocycles. The lowest BCUT2D eigenvalue weighted by molar-refractivity contribution is 0.317. The minimum Gasteiger partial charge on any atom is -0.394 e. The van der Waals surface area contributed by atoms with Crippen molar-refractivity contribution in [2.24, 2.45) is 5.92 Å². The maximum Gasteiger partial charge on any atom is 0.150 e. The van der Waals surface area contributed by atoms with Gasteiger partial charge in [0.2, 0.25) is 0 Å². The number of rotatable bonds is 5. The zero-order valence-corrected chi connectivity index (χ0v) is 11.2. The average Bonchev–Trinajstić information content (AvgIpc) is 2.55. The molecule has 0 atom stereocenters. The maximum atomic E-state index is 6.17. The molecule has 0 saturated heterocycles. The predicted molar refractivity (Wildman–Crippen MR) is 72.3 cm³/mol. The summed E-state index contributed by atoms with van der Waals surface area (Å²) in [6, 6.07) is 0. The summed E-state index contributed by atoms with van der Waals surface area (Å²) in [4.78, 5) is 2.39. The first-order valence-electron chi connectivity index (χ1n) is 6.75. The summed E-state index contributed by atoms with van der Waals surface area (Å²) >= 11 is 0. The van der Waals surface area contributed by atoms with Crippen LogP contribution in [0.25, 0.3) is 0 Å². The maximum absolute atomic E-state index is 6.17. The highest BCUT2D eigenvalue weighted by Crippen LogP contribution is 2.32. The molecule has 0 bridgehead atoms. The molecule has 1 aliphatic rings. The third-order valence-corrected chi connectivity index (χ3v) is 3.83. The van der Waals surface area contributed by atoms with E-state index in [-0.39, 0.29) is 0 Å². The van der Waals surface area contributed by atoms with Gasteiger partial charge in [-0.25, -0.2) is 4.68 Å². The Morgan fingerprint density at radius 2 is 2.12 bits per heavy atom. The van der Waals surface area contributed by atoms with Crippen LogP contribution in [0, 0.1) is 12.8 Å². The summed E-state index contributed by atoms with van der Waals surface area (Å²) in [7, 11) is 0. The molecule has 0 spiro atoms. The van der Waals surface area contributed by atoms with Crippen molar-refractivity contribution in [2.75, 3.05) is 23.7 Å². The summed E-state index contributed by atoms with van der Waals surface area (Å²) in [5.74, 6) is 1.98. The van der Waals surface area contributed by atoms with Gasteiger partial charge in [-0.05, 0) is 39.5 Å². The fourth-order valence-corrected chi connectivity index (χ4v) is 2.49. The van der Waals surface area contributed by atoms with Gasteiger partial charge in [-0.3, -0.25) is 0 Å². The van der Waals surface area contributed by atoms with Crippen molar-refractivity contribution in [3.05, 3.63) is 5.69 Å². The lowest BCUT2D eigenvalue weighted by atomic mass is 9.85. The van der Waals surface area contributed by atoms with Crippen LogP contribution in [-0.4, -0.2) is 22.9 Å². The number of aromatic nitrogens is 2. The van der Waals surface area contributed by atoms with E-state index < -0.39 is 0 Å². The topological polar surface area (TPSA) is 47.1 Å². The molecule has 1 aromatic rings. The monoisotopic (exact) mass is 236 g/mol. The van der Waals surface area contributed by atoms with Crippen molar-refractivity contribution in [3.63, 3.8) is 0 Å². The molecule has 96 valence electrons. The molecular weight excluding hydrogens is 212 g/mol. The first kappa shape index (κ1) is 12.3. The van der Waals surface area contributed by atoms with Gasteiger partial charge in [0, 0.05) is 19.6 Å². The zero-order valence-electron chi connectivity index (χ0n) is 11.2. The fraction of sp³-hybridized carbons (Fsp3) is 0.769. The normalized spacial score (nSPS) is 15.9. The second-order valence-corrected chi connectivity index (χ2v) is 4.97. The Balaban J connectivity index is 2.21. The van der Waals surface area contributed by atoms with Crippen molar-refractivity contribution < 1.29 is 0 Å². The SMILES string of the molecule is CCN(CC1CCC1)c1c(N)c(C)nn1CC. The Bertz CT molecular complexity index is 379. The quantitative estimate of drug-likeness (QED) is 0.854. The molecule has 1 heterocycles. The second kappa shape index (κ2) is 4.98. The van der Waals surface area contributed by atoms with E-state index in [1.165, 1.54) is 19.3 Å². The highest BCUT2D eigenvalue weighted by Gasteiger charge is 2.24. The van der Waals surface area contributed by atoms with Crippen LogP contribution in [-0.2, 0) is 6.54 Å². The molecule has 0 aliphatic heterocycles. The Morgan fingerprint density at radius 3 is 2.59 bits per heavy atom. The third-order valence-electron chi connectivity index (χ3n) is 3.83. The van der Waals surface area contributed by atoms with E-state index in [2.05, 4.69) is 23.8 Å². The Morgan fingerprint density at radius 1 is 1.41 bits per heavy atom. The lowest BCUT2D eigenvalue weighted by Gasteiger charge is -2.33. The molecule has 4 nitrogen and oxygen atoms in total. The lowest BCUT2D eigenvalue weighted by Crippen LogP contribution is -2.34. The molecule has 0 aromatic carbocycles. The molecule has 4 heteroatoms. The van der Waals surface area contributed by atoms with Gasteiger partial charge in [0.1, 0.15) is 0 Å². The smallest absolute Gasteiger partial charge is 0.150 e. The van der Waals surface area contributed by atoms with Gasteiger partial charge in [0.15, 0.2) is 5.82 Å². The number of nitrogens with zero attached hydrogens (tertiary/aromatic N) is 3. The van der Waals surface area contributed by atoms with E-state index in [1.807, 2.05) is 11.6 Å². The molecule has 2 rings (SSSR count). The summed E-state index contributed by atoms with van der Waals surface area (Å²) in [5.41, 5.74) is 7.97. The first-order chi connectivity index (χ1) is 8.17. The van der Waals surface area contributed by atoms with Crippen LogP contribution in [0.15, 0.2) is 0 Å². The summed E-state index contributed by atoms with van der Waals surface area (Å²) < 4.78 is 2.03. The van der Waals surface area contributed by atoms with E-state index in [0.717, 1.165) is 42.8 Å². The van der Waals surface area contributed by atoms with Crippen molar-refractivity contribution in [1.82, 2.24) is 9.78 Å². The zero-order chi connectivity index (χ0) is 12.4. The van der Waals surface area contributed by atoms with Crippen LogP contribution in [0.4, 0.5) is 11.5 Å². The molecule has 1 aromatic heterocycles. The standard InChI is InChI=1S/C13H24N4/c1-4-16(9-11-7-6-8-11)13-12(14)10(3)15-17(13)5-2/h11H,4-9,14H2,1-3H3. The van der Waals surface area contributed by atoms with Gasteiger partial charge in [0.25, 0.3) is 0 Å². The van der Waals surface area contributed by atoms with Gasteiger partial charge in [-0.1, -0.05) is 6.42 Å². The van der Waals surface area contributed by atoms with E-state index in [4.69, 9.17) is 5.73 Å². The van der Waals surface area contributed by atoms with Crippen LogP contribution in [0.5, 0.6) is 0 Å². The van der Waals surface area contributed by atoms with Crippen molar-refractivity contribution >= 4 is 11.5 Å². The molecule has 0 amide bonds. The molecule has 1 fully saturated rings. The Hall–Kier alpha value is -1.19. The van der Waals surface area contributed by atoms with E-state index >= 15 is 0 Å². The van der Waals surface area contributed by atoms with Gasteiger partial charge >= 0.3 is 0 Å². The van der Waals surface area contributed by atoms with E-state index in [9.17, 15) is 0 Å². The predicted octanol–water partition coefficient (Wildman–Crippen LogP) is 2.42. The number of nitrogen functional groups attached to an aromatic ring is 1. The van der Waals surface area contributed by atoms with Crippen molar-refractivity contribution in [1.29, 1.82) is 0 Å². The third kappa shape index (κ3) is 2.26. The van der Waals surface area contributed by atoms with Crippen LogP contribution in [0.1, 0.15) is 38.8 Å². The number of hydrogen-bond acceptors (Lipinski definition) is 3. The second-order valence-electron chi connectivity index (χ2n) is 4.97. The molecule has 0 unspecified atom stereocenters. The van der Waals surface area contributed by atoms with E-state index in [0.29, 0.717) is 0 Å². The number of hydrogen-bond donors (Lipinski definition) is 1. The number of anilines is 2. The Labute approximate surface area is 104 Å². The average molecular weight is 236 g/mol. The molecule has 17 heavy (non-hydrogen) atoms. The van der Waals surface area contributed by atoms with Crippen LogP contribution in [0.2, 0.25) is 0 Å². The van der Waals surface area contributed by atoms with Crippen LogP contribution < -0.4 is 10.6 Å². The first-order valence-corrected chi connectivity index (χ1v) is 6.75. The van der Waals surface area contributed by atoms with Gasteiger partial charge in [0.05, 0.1) is 11.4 Å². The summed E-state index contributed by atoms with van der Waals surface area (Å²) in [5, 5.41) is 4.50. The van der Waals surface area contributed by atoms with Gasteiger partial charge in [-0.2, -0.15) is 5.10 Å². The summed E-state index contributed by atoms with van der Waals surface area (Å²) in [6.07, 6.45) is 4.13. The largest absolute Gasteiger partial charge is 0.394 e. The minimum absolute atomic E-state index is 0.855. The van der Waals surface area contributed by atoms with Crippen LogP contribution in [0.3, 0.4) is 0 Å². The van der Waals surface area contributed by atoms with Crippen LogP contribution >= 0.6 is 0 Å². The number of nitrogens with two attached hydrogens (primary N) is 1. The summed E-state index contributed by atoms with van der Waals surface area (Å²) in [6.45, 7) is 9.32. The minimum atomic E-state index is 0.855. The highest BCUT2D eigenvalue weighted by atomic mass is 15.4. The van der Waals surface area contributed by atoms with Crippen molar-refractivity contribution in [3.8, 4) is 0 Å². The van der Waals surface area contributed by atoms with E-state index in [1.54, 1.807) is 0 Å². The fourth-order valence-electron chi connectivity index (χ4n) is 2.49. The molecule has 1 saturated carbocycles. The van der Waals surface area contributed by atoms with Gasteiger partial charge < -0.3 is 10.6 Å². The highest BCUT2D eigenvalue weighted by molar-refractivity contribution is 5.66. The number of aryl methyl sites for hydroxylation is 2. The molecule has 2 N–H and O–H groups in total. The van der Waals surface area contributed by atoms with Gasteiger partial charge in [-0.15, -0.1) is 0 Å². The molecular formula is C13H24N4. The Kier molecular flexibility index (Phi) is 3.60.